The predicted octanol–water partition coefficient (Wildman–Crippen LogP) is 3.18. The average molecular weight is 341 g/mol. The van der Waals surface area contributed by atoms with Crippen LogP contribution in [0.4, 0.5) is 4.79 Å². The average Bonchev–Trinajstić information content (AvgIpc) is 2.93. The van der Waals surface area contributed by atoms with Gasteiger partial charge in [-0.15, -0.1) is 0 Å². The molecule has 0 bridgehead atoms. The molecule has 1 saturated heterocycles. The SMILES string of the molecule is CC(C)(C)OC(=O)N1CC[C@@H](COc2cnc(Cl)c(C=O)c2)C1. The van der Waals surface area contributed by atoms with Gasteiger partial charge in [0.15, 0.2) is 6.29 Å². The molecule has 0 spiro atoms. The predicted molar refractivity (Wildman–Crippen MR) is 86.0 cm³/mol. The molecule has 0 radical (unpaired) electrons. The van der Waals surface area contributed by atoms with Crippen LogP contribution >= 0.6 is 11.6 Å². The van der Waals surface area contributed by atoms with Crippen LogP contribution in [0, 0.1) is 5.92 Å². The summed E-state index contributed by atoms with van der Waals surface area (Å²) in [5, 5.41) is 0.157. The van der Waals surface area contributed by atoms with E-state index in [0.717, 1.165) is 6.42 Å². The zero-order valence-corrected chi connectivity index (χ0v) is 14.3. The number of ether oxygens (including phenoxy) is 2. The molecule has 1 aliphatic rings. The molecule has 23 heavy (non-hydrogen) atoms. The van der Waals surface area contributed by atoms with E-state index in [1.807, 2.05) is 20.8 Å². The smallest absolute Gasteiger partial charge is 0.410 e. The van der Waals surface area contributed by atoms with Crippen LogP contribution in [-0.4, -0.2) is 47.6 Å². The molecule has 1 atom stereocenters. The first kappa shape index (κ1) is 17.5. The highest BCUT2D eigenvalue weighted by Crippen LogP contribution is 2.22. The third-order valence-electron chi connectivity index (χ3n) is 3.39. The van der Waals surface area contributed by atoms with E-state index in [2.05, 4.69) is 4.98 Å². The summed E-state index contributed by atoms with van der Waals surface area (Å²) < 4.78 is 11.0. The highest BCUT2D eigenvalue weighted by atomic mass is 35.5. The Morgan fingerprint density at radius 2 is 2.26 bits per heavy atom. The molecule has 1 amide bonds. The fourth-order valence-electron chi connectivity index (χ4n) is 2.28. The number of pyridine rings is 1. The van der Waals surface area contributed by atoms with Crippen LogP contribution in [-0.2, 0) is 4.74 Å². The van der Waals surface area contributed by atoms with Gasteiger partial charge in [0, 0.05) is 19.0 Å². The van der Waals surface area contributed by atoms with Gasteiger partial charge in [-0.2, -0.15) is 0 Å². The van der Waals surface area contributed by atoms with E-state index in [9.17, 15) is 9.59 Å². The van der Waals surface area contributed by atoms with Gasteiger partial charge in [-0.25, -0.2) is 9.78 Å². The van der Waals surface area contributed by atoms with E-state index >= 15 is 0 Å². The van der Waals surface area contributed by atoms with E-state index in [4.69, 9.17) is 21.1 Å². The molecule has 6 nitrogen and oxygen atoms in total. The number of hydrogen-bond acceptors (Lipinski definition) is 5. The van der Waals surface area contributed by atoms with Gasteiger partial charge in [0.1, 0.15) is 16.5 Å². The third-order valence-corrected chi connectivity index (χ3v) is 3.71. The standard InChI is InChI=1S/C16H21ClN2O4/c1-16(2,3)23-15(21)19-5-4-11(8-19)10-22-13-6-12(9-20)14(17)18-7-13/h6-7,9,11H,4-5,8,10H2,1-3H3/t11-/m1/s1. The van der Waals surface area contributed by atoms with E-state index in [1.165, 1.54) is 6.20 Å². The van der Waals surface area contributed by atoms with Crippen molar-refractivity contribution in [3.05, 3.63) is 23.0 Å². The molecule has 1 aliphatic heterocycles. The Morgan fingerprint density at radius 3 is 2.91 bits per heavy atom. The molecule has 1 aromatic heterocycles. The molecule has 1 aromatic rings. The van der Waals surface area contributed by atoms with Crippen molar-refractivity contribution < 1.29 is 19.1 Å². The van der Waals surface area contributed by atoms with Crippen molar-refractivity contribution in [2.24, 2.45) is 5.92 Å². The molecule has 7 heteroatoms. The largest absolute Gasteiger partial charge is 0.492 e. The summed E-state index contributed by atoms with van der Waals surface area (Å²) in [6.45, 7) is 7.23. The van der Waals surface area contributed by atoms with Gasteiger partial charge in [-0.1, -0.05) is 11.6 Å². The van der Waals surface area contributed by atoms with Gasteiger partial charge in [0.2, 0.25) is 0 Å². The van der Waals surface area contributed by atoms with Gasteiger partial charge in [0.05, 0.1) is 18.4 Å². The summed E-state index contributed by atoms with van der Waals surface area (Å²) >= 11 is 5.77. The summed E-state index contributed by atoms with van der Waals surface area (Å²) in [6, 6.07) is 1.56. The molecule has 0 saturated carbocycles. The van der Waals surface area contributed by atoms with Crippen molar-refractivity contribution in [2.45, 2.75) is 32.8 Å². The number of nitrogens with zero attached hydrogens (tertiary/aromatic N) is 2. The van der Waals surface area contributed by atoms with E-state index < -0.39 is 5.60 Å². The molecule has 0 unspecified atom stereocenters. The number of halogens is 1. The zero-order valence-electron chi connectivity index (χ0n) is 13.5. The number of hydrogen-bond donors (Lipinski definition) is 0. The van der Waals surface area contributed by atoms with Gasteiger partial charge in [-0.3, -0.25) is 4.79 Å². The van der Waals surface area contributed by atoms with Crippen molar-refractivity contribution in [3.8, 4) is 5.75 Å². The summed E-state index contributed by atoms with van der Waals surface area (Å²) in [5.74, 6) is 0.713. The second-order valence-electron chi connectivity index (χ2n) is 6.56. The van der Waals surface area contributed by atoms with Crippen molar-refractivity contribution in [2.75, 3.05) is 19.7 Å². The number of likely N-dealkylation sites (tertiary alicyclic amines) is 1. The molecular weight excluding hydrogens is 320 g/mol. The summed E-state index contributed by atoms with van der Waals surface area (Å²) in [5.41, 5.74) is -0.197. The second-order valence-corrected chi connectivity index (χ2v) is 6.92. The molecule has 2 heterocycles. The van der Waals surface area contributed by atoms with Gasteiger partial charge in [-0.05, 0) is 33.3 Å². The topological polar surface area (TPSA) is 68.7 Å². The van der Waals surface area contributed by atoms with E-state index in [0.29, 0.717) is 37.3 Å². The first-order valence-corrected chi connectivity index (χ1v) is 7.88. The van der Waals surface area contributed by atoms with Crippen LogP contribution < -0.4 is 4.74 Å². The van der Waals surface area contributed by atoms with Crippen LogP contribution in [0.25, 0.3) is 0 Å². The Labute approximate surface area is 140 Å². The fourth-order valence-corrected chi connectivity index (χ4v) is 2.43. The minimum absolute atomic E-state index is 0.157. The maximum atomic E-state index is 12.0. The van der Waals surface area contributed by atoms with E-state index in [1.54, 1.807) is 11.0 Å². The molecule has 0 aliphatic carbocycles. The van der Waals surface area contributed by atoms with Crippen molar-refractivity contribution in [1.82, 2.24) is 9.88 Å². The summed E-state index contributed by atoms with van der Waals surface area (Å²) in [6.07, 6.45) is 2.68. The molecule has 0 N–H and O–H groups in total. The maximum Gasteiger partial charge on any atom is 0.410 e. The first-order valence-electron chi connectivity index (χ1n) is 7.50. The second kappa shape index (κ2) is 7.17. The van der Waals surface area contributed by atoms with Crippen LogP contribution in [0.1, 0.15) is 37.6 Å². The number of carbonyl (C=O) groups excluding carboxylic acids is 2. The molecule has 2 rings (SSSR count). The number of aromatic nitrogens is 1. The van der Waals surface area contributed by atoms with Crippen molar-refractivity contribution in [1.29, 1.82) is 0 Å². The highest BCUT2D eigenvalue weighted by Gasteiger charge is 2.30. The van der Waals surface area contributed by atoms with Crippen molar-refractivity contribution >= 4 is 24.0 Å². The number of rotatable bonds is 4. The number of aldehydes is 1. The lowest BCUT2D eigenvalue weighted by atomic mass is 10.1. The Hall–Kier alpha value is -1.82. The fraction of sp³-hybridized carbons (Fsp3) is 0.562. The lowest BCUT2D eigenvalue weighted by Crippen LogP contribution is -2.35. The minimum Gasteiger partial charge on any atom is -0.492 e. The van der Waals surface area contributed by atoms with Gasteiger partial charge >= 0.3 is 6.09 Å². The summed E-state index contributed by atoms with van der Waals surface area (Å²) in [7, 11) is 0. The van der Waals surface area contributed by atoms with Gasteiger partial charge in [0.25, 0.3) is 0 Å². The summed E-state index contributed by atoms with van der Waals surface area (Å²) in [4.78, 5) is 28.4. The molecule has 1 fully saturated rings. The van der Waals surface area contributed by atoms with Gasteiger partial charge < -0.3 is 14.4 Å². The number of carbonyl (C=O) groups is 2. The lowest BCUT2D eigenvalue weighted by molar-refractivity contribution is 0.0284. The van der Waals surface area contributed by atoms with Crippen LogP contribution in [0.3, 0.4) is 0 Å². The Morgan fingerprint density at radius 1 is 1.52 bits per heavy atom. The molecular formula is C16H21ClN2O4. The molecule has 126 valence electrons. The zero-order chi connectivity index (χ0) is 17.0. The first-order chi connectivity index (χ1) is 10.8. The lowest BCUT2D eigenvalue weighted by Gasteiger charge is -2.24. The molecule has 0 aromatic carbocycles. The van der Waals surface area contributed by atoms with Crippen LogP contribution in [0.2, 0.25) is 5.15 Å². The Balaban J connectivity index is 1.84. The van der Waals surface area contributed by atoms with Crippen LogP contribution in [0.5, 0.6) is 5.75 Å². The van der Waals surface area contributed by atoms with Crippen LogP contribution in [0.15, 0.2) is 12.3 Å². The number of amides is 1. The monoisotopic (exact) mass is 340 g/mol. The minimum atomic E-state index is -0.494. The third kappa shape index (κ3) is 5.10. The van der Waals surface area contributed by atoms with Crippen molar-refractivity contribution in [3.63, 3.8) is 0 Å². The Bertz CT molecular complexity index is 586. The highest BCUT2D eigenvalue weighted by molar-refractivity contribution is 6.31. The quantitative estimate of drug-likeness (QED) is 0.622. The maximum absolute atomic E-state index is 12.0. The van der Waals surface area contributed by atoms with E-state index in [-0.39, 0.29) is 17.2 Å². The Kier molecular flexibility index (Phi) is 5.46. The normalized spacial score (nSPS) is 17.9.